The highest BCUT2D eigenvalue weighted by molar-refractivity contribution is 8.00. The number of aryl methyl sites for hydroxylation is 1. The molecule has 3 atom stereocenters. The van der Waals surface area contributed by atoms with E-state index in [9.17, 15) is 24.6 Å². The molecule has 1 fully saturated rings. The van der Waals surface area contributed by atoms with E-state index in [0.717, 1.165) is 5.56 Å². The molecule has 198 valence electrons. The van der Waals surface area contributed by atoms with E-state index in [0.29, 0.717) is 11.1 Å². The summed E-state index contributed by atoms with van der Waals surface area (Å²) in [7, 11) is 0. The van der Waals surface area contributed by atoms with Crippen molar-refractivity contribution < 1.29 is 24.6 Å². The summed E-state index contributed by atoms with van der Waals surface area (Å²) in [6, 6.07) is 10.7. The first-order valence-corrected chi connectivity index (χ1v) is 13.1. The van der Waals surface area contributed by atoms with E-state index in [-0.39, 0.29) is 36.1 Å². The Bertz CT molecular complexity index is 1170. The van der Waals surface area contributed by atoms with Gasteiger partial charge in [-0.2, -0.15) is 0 Å². The number of hydrogen-bond acceptors (Lipinski definition) is 6. The quantitative estimate of drug-likeness (QED) is 0.374. The van der Waals surface area contributed by atoms with Crippen molar-refractivity contribution in [1.82, 2.24) is 15.5 Å². The average Bonchev–Trinajstić information content (AvgIpc) is 3.19. The molecule has 0 aromatic heterocycles. The Balaban J connectivity index is 1.89. The second-order valence-corrected chi connectivity index (χ2v) is 11.3. The van der Waals surface area contributed by atoms with Gasteiger partial charge < -0.3 is 25.7 Å². The first kappa shape index (κ1) is 28.3. The average molecular weight is 526 g/mol. The molecule has 2 aromatic carbocycles. The van der Waals surface area contributed by atoms with Crippen molar-refractivity contribution in [2.45, 2.75) is 57.1 Å². The van der Waals surface area contributed by atoms with Crippen molar-refractivity contribution in [2.24, 2.45) is 0 Å². The first-order chi connectivity index (χ1) is 17.5. The summed E-state index contributed by atoms with van der Waals surface area (Å²) < 4.78 is -0.574. The number of nitrogens with zero attached hydrogens (tertiary/aromatic N) is 1. The van der Waals surface area contributed by atoms with Gasteiger partial charge in [-0.25, -0.2) is 0 Å². The van der Waals surface area contributed by atoms with Crippen LogP contribution in [0.5, 0.6) is 5.75 Å². The summed E-state index contributed by atoms with van der Waals surface area (Å²) in [5.74, 6) is -1.23. The van der Waals surface area contributed by atoms with Crippen LogP contribution in [0.2, 0.25) is 0 Å². The van der Waals surface area contributed by atoms with Gasteiger partial charge in [-0.05, 0) is 51.3 Å². The van der Waals surface area contributed by atoms with E-state index in [1.165, 1.54) is 16.7 Å². The van der Waals surface area contributed by atoms with Crippen molar-refractivity contribution in [3.63, 3.8) is 0 Å². The summed E-state index contributed by atoms with van der Waals surface area (Å²) in [4.78, 5) is 41.2. The summed E-state index contributed by atoms with van der Waals surface area (Å²) in [6.07, 6.45) is 0.144. The zero-order valence-corrected chi connectivity index (χ0v) is 22.5. The number of aliphatic hydroxyl groups is 1. The van der Waals surface area contributed by atoms with Gasteiger partial charge in [0.1, 0.15) is 11.8 Å². The highest BCUT2D eigenvalue weighted by Gasteiger charge is 2.49. The number of carbonyl (C=O) groups is 3. The number of nitrogens with one attached hydrogen (secondary N) is 2. The van der Waals surface area contributed by atoms with Gasteiger partial charge in [0.05, 0.1) is 11.9 Å². The second kappa shape index (κ2) is 11.8. The van der Waals surface area contributed by atoms with Gasteiger partial charge in [0.25, 0.3) is 11.8 Å². The number of amides is 3. The highest BCUT2D eigenvalue weighted by atomic mass is 32.2. The Kier molecular flexibility index (Phi) is 9.04. The third kappa shape index (κ3) is 6.34. The molecule has 4 N–H and O–H groups in total. The lowest BCUT2D eigenvalue weighted by atomic mass is 9.96. The van der Waals surface area contributed by atoms with Gasteiger partial charge in [0.15, 0.2) is 6.10 Å². The van der Waals surface area contributed by atoms with Crippen molar-refractivity contribution >= 4 is 29.5 Å². The van der Waals surface area contributed by atoms with E-state index in [2.05, 4.69) is 17.2 Å². The van der Waals surface area contributed by atoms with Crippen LogP contribution in [-0.2, 0) is 16.0 Å². The number of benzene rings is 2. The molecule has 9 heteroatoms. The lowest BCUT2D eigenvalue weighted by Gasteiger charge is -2.33. The molecule has 0 spiro atoms. The van der Waals surface area contributed by atoms with Gasteiger partial charge in [-0.1, -0.05) is 42.5 Å². The molecule has 1 aliphatic rings. The highest BCUT2D eigenvalue weighted by Crippen LogP contribution is 2.39. The predicted molar refractivity (Wildman–Crippen MR) is 145 cm³/mol. The number of phenols is 1. The van der Waals surface area contributed by atoms with Crippen LogP contribution >= 0.6 is 11.8 Å². The Morgan fingerprint density at radius 1 is 1.19 bits per heavy atom. The van der Waals surface area contributed by atoms with E-state index in [1.54, 1.807) is 32.1 Å². The van der Waals surface area contributed by atoms with Gasteiger partial charge in [-0.15, -0.1) is 18.3 Å². The molecule has 1 aliphatic heterocycles. The maximum atomic E-state index is 13.6. The second-order valence-electron chi connectivity index (χ2n) is 9.74. The minimum atomic E-state index is -1.60. The summed E-state index contributed by atoms with van der Waals surface area (Å²) in [5, 5.41) is 27.2. The van der Waals surface area contributed by atoms with E-state index >= 15 is 0 Å². The van der Waals surface area contributed by atoms with Crippen LogP contribution in [0.15, 0.2) is 55.1 Å². The third-order valence-corrected chi connectivity index (χ3v) is 8.00. The smallest absolute Gasteiger partial charge is 0.254 e. The van der Waals surface area contributed by atoms with Crippen LogP contribution in [-0.4, -0.2) is 68.2 Å². The van der Waals surface area contributed by atoms with Gasteiger partial charge >= 0.3 is 0 Å². The van der Waals surface area contributed by atoms with Crippen LogP contribution in [0, 0.1) is 13.8 Å². The van der Waals surface area contributed by atoms with Crippen molar-refractivity contribution in [3.05, 3.63) is 77.4 Å². The minimum Gasteiger partial charge on any atom is -0.507 e. The van der Waals surface area contributed by atoms with Crippen LogP contribution < -0.4 is 10.6 Å². The number of phenolic OH excluding ortho intramolecular Hbond substituents is 1. The summed E-state index contributed by atoms with van der Waals surface area (Å²) >= 11 is 1.45. The molecule has 8 nitrogen and oxygen atoms in total. The van der Waals surface area contributed by atoms with Crippen LogP contribution in [0.3, 0.4) is 0 Å². The van der Waals surface area contributed by atoms with Crippen molar-refractivity contribution in [3.8, 4) is 5.75 Å². The van der Waals surface area contributed by atoms with Crippen LogP contribution in [0.1, 0.15) is 40.9 Å². The Labute approximate surface area is 222 Å². The fourth-order valence-electron chi connectivity index (χ4n) is 4.46. The molecule has 3 rings (SSSR count). The number of thioether (sulfide) groups is 1. The van der Waals surface area contributed by atoms with E-state index < -0.39 is 34.7 Å². The van der Waals surface area contributed by atoms with E-state index in [1.807, 2.05) is 44.2 Å². The zero-order chi connectivity index (χ0) is 27.3. The normalized spacial score (nSPS) is 18.1. The molecule has 1 unspecified atom stereocenters. The molecule has 0 radical (unpaired) electrons. The zero-order valence-electron chi connectivity index (χ0n) is 21.7. The van der Waals surface area contributed by atoms with Gasteiger partial charge in [0.2, 0.25) is 5.91 Å². The number of aliphatic hydroxyl groups excluding tert-OH is 1. The standard InChI is InChI=1S/C28H35N3O5S/c1-6-14-29-26(35)24-28(4,5)37-16-31(24)27(36)23(33)21(15-19-10-8-7-9-11-19)30-25(34)20-13-12-17(2)22(32)18(20)3/h6-13,21,23-24,32-33H,1,14-16H2,2-5H3,(H,29,35)(H,30,34)/t21-,23-,24?/m0/s1. The summed E-state index contributed by atoms with van der Waals surface area (Å²) in [5.41, 5.74) is 2.12. The van der Waals surface area contributed by atoms with Crippen molar-refractivity contribution in [2.75, 3.05) is 12.4 Å². The van der Waals surface area contributed by atoms with Crippen LogP contribution in [0.4, 0.5) is 0 Å². The SMILES string of the molecule is C=CCNC(=O)C1N(C(=O)[C@@H](O)[C@H](Cc2ccccc2)NC(=O)c2ccc(C)c(O)c2C)CSC1(C)C. The van der Waals surface area contributed by atoms with Gasteiger partial charge in [-0.3, -0.25) is 14.4 Å². The minimum absolute atomic E-state index is 0.0218. The molecule has 0 saturated carbocycles. The number of carbonyl (C=O) groups excluding carboxylic acids is 3. The number of aromatic hydroxyl groups is 1. The summed E-state index contributed by atoms with van der Waals surface area (Å²) in [6.45, 7) is 11.0. The molecule has 2 aromatic rings. The predicted octanol–water partition coefficient (Wildman–Crippen LogP) is 2.69. The molecular formula is C28H35N3O5S. The van der Waals surface area contributed by atoms with E-state index in [4.69, 9.17) is 0 Å². The maximum Gasteiger partial charge on any atom is 0.254 e. The van der Waals surface area contributed by atoms with Crippen molar-refractivity contribution in [1.29, 1.82) is 0 Å². The Morgan fingerprint density at radius 3 is 2.51 bits per heavy atom. The lowest BCUT2D eigenvalue weighted by Crippen LogP contribution is -2.58. The fraction of sp³-hybridized carbons (Fsp3) is 0.393. The monoisotopic (exact) mass is 525 g/mol. The lowest BCUT2D eigenvalue weighted by molar-refractivity contribution is -0.147. The number of hydrogen-bond donors (Lipinski definition) is 4. The molecule has 3 amide bonds. The fourth-order valence-corrected chi connectivity index (χ4v) is 5.60. The molecular weight excluding hydrogens is 490 g/mol. The molecule has 1 heterocycles. The van der Waals surface area contributed by atoms with Gasteiger partial charge in [0, 0.05) is 22.4 Å². The topological polar surface area (TPSA) is 119 Å². The first-order valence-electron chi connectivity index (χ1n) is 12.1. The Hall–Kier alpha value is -3.30. The largest absolute Gasteiger partial charge is 0.507 e. The molecule has 1 saturated heterocycles. The van der Waals surface area contributed by atoms with Crippen LogP contribution in [0.25, 0.3) is 0 Å². The maximum absolute atomic E-state index is 13.6. The molecule has 37 heavy (non-hydrogen) atoms. The molecule has 0 bridgehead atoms. The Morgan fingerprint density at radius 2 is 1.86 bits per heavy atom. The number of rotatable bonds is 9. The third-order valence-electron chi connectivity index (χ3n) is 6.62. The molecule has 0 aliphatic carbocycles.